The third kappa shape index (κ3) is 3.42. The van der Waals surface area contributed by atoms with Crippen LogP contribution in [0.2, 0.25) is 0 Å². The van der Waals surface area contributed by atoms with Gasteiger partial charge in [-0.15, -0.1) is 0 Å². The zero-order valence-electron chi connectivity index (χ0n) is 18.2. The van der Waals surface area contributed by atoms with Gasteiger partial charge in [0.1, 0.15) is 17.2 Å². The molecule has 168 valence electrons. The van der Waals surface area contributed by atoms with Crippen molar-refractivity contribution in [3.05, 3.63) is 83.7 Å². The zero-order valence-corrected chi connectivity index (χ0v) is 18.2. The van der Waals surface area contributed by atoms with Crippen LogP contribution in [0.3, 0.4) is 0 Å². The number of nitrogens with two attached hydrogens (primary N) is 1. The average molecular weight is 448 g/mol. The zero-order chi connectivity index (χ0) is 23.4. The van der Waals surface area contributed by atoms with Crippen molar-refractivity contribution in [1.29, 1.82) is 0 Å². The maximum absolute atomic E-state index is 14.4. The number of likely N-dealkylation sites (N-methyl/N-ethyl adjacent to an activating group) is 1. The van der Waals surface area contributed by atoms with Crippen LogP contribution >= 0.6 is 0 Å². The first-order valence-corrected chi connectivity index (χ1v) is 10.5. The Hall–Kier alpha value is -3.81. The molecule has 2 aromatic carbocycles. The predicted octanol–water partition coefficient (Wildman–Crippen LogP) is 3.79. The highest BCUT2D eigenvalue weighted by molar-refractivity contribution is 6.07. The van der Waals surface area contributed by atoms with Crippen LogP contribution in [0.25, 0.3) is 11.1 Å². The van der Waals surface area contributed by atoms with Crippen molar-refractivity contribution in [2.75, 3.05) is 7.05 Å². The van der Waals surface area contributed by atoms with Crippen molar-refractivity contribution >= 4 is 11.9 Å². The second-order valence-electron chi connectivity index (χ2n) is 8.78. The number of nitrogens with zero attached hydrogens (tertiary/aromatic N) is 3. The molecule has 0 bridgehead atoms. The third-order valence-electron chi connectivity index (χ3n) is 6.26. The number of hydrogen-bond donors (Lipinski definition) is 1. The van der Waals surface area contributed by atoms with Gasteiger partial charge in [0, 0.05) is 37.2 Å². The highest BCUT2D eigenvalue weighted by atomic mass is 19.1. The van der Waals surface area contributed by atoms with Gasteiger partial charge in [-0.2, -0.15) is 4.39 Å². The van der Waals surface area contributed by atoms with Crippen molar-refractivity contribution in [2.24, 2.45) is 10.7 Å². The first kappa shape index (κ1) is 21.1. The average Bonchev–Trinajstić information content (AvgIpc) is 2.97. The number of fused-ring (bicyclic) bond motifs is 2. The molecule has 2 aliphatic rings. The number of aliphatic imine (C=N–C) groups is 1. The monoisotopic (exact) mass is 448 g/mol. The van der Waals surface area contributed by atoms with Crippen LogP contribution in [0.4, 0.5) is 8.78 Å². The van der Waals surface area contributed by atoms with Gasteiger partial charge in [-0.3, -0.25) is 9.69 Å². The minimum Gasteiger partial charge on any atom is -0.487 e. The molecular formula is C25H22F2N4O2. The molecule has 2 unspecified atom stereocenters. The molecule has 0 saturated carbocycles. The predicted molar refractivity (Wildman–Crippen MR) is 119 cm³/mol. The van der Waals surface area contributed by atoms with Gasteiger partial charge < -0.3 is 10.5 Å². The van der Waals surface area contributed by atoms with Crippen LogP contribution in [0.15, 0.2) is 65.8 Å². The van der Waals surface area contributed by atoms with E-state index in [4.69, 9.17) is 10.5 Å². The van der Waals surface area contributed by atoms with E-state index < -0.39 is 17.1 Å². The minimum atomic E-state index is -1.33. The lowest BCUT2D eigenvalue weighted by atomic mass is 9.74. The minimum absolute atomic E-state index is 0.0962. The highest BCUT2D eigenvalue weighted by Crippen LogP contribution is 2.50. The molecular weight excluding hydrogens is 426 g/mol. The number of benzene rings is 2. The first-order chi connectivity index (χ1) is 15.7. The van der Waals surface area contributed by atoms with E-state index in [0.29, 0.717) is 28.9 Å². The summed E-state index contributed by atoms with van der Waals surface area (Å²) in [5, 5.41) is 0. The fourth-order valence-electron chi connectivity index (χ4n) is 4.82. The van der Waals surface area contributed by atoms with Gasteiger partial charge in [0.15, 0.2) is 11.5 Å². The van der Waals surface area contributed by atoms with E-state index in [0.717, 1.165) is 5.56 Å². The normalized spacial score (nSPS) is 23.9. The van der Waals surface area contributed by atoms with Crippen molar-refractivity contribution < 1.29 is 18.3 Å². The maximum Gasteiger partial charge on any atom is 0.261 e. The van der Waals surface area contributed by atoms with Gasteiger partial charge in [-0.1, -0.05) is 18.2 Å². The molecule has 5 rings (SSSR count). The Morgan fingerprint density at radius 3 is 2.67 bits per heavy atom. The molecule has 2 atom stereocenters. The van der Waals surface area contributed by atoms with Gasteiger partial charge in [0.25, 0.3) is 5.91 Å². The Morgan fingerprint density at radius 1 is 1.15 bits per heavy atom. The summed E-state index contributed by atoms with van der Waals surface area (Å²) in [6.45, 7) is 1.87. The Balaban J connectivity index is 1.65. The van der Waals surface area contributed by atoms with E-state index in [2.05, 4.69) is 9.98 Å². The van der Waals surface area contributed by atoms with Gasteiger partial charge in [-0.25, -0.2) is 14.4 Å². The molecule has 2 N–H and O–H groups in total. The number of ether oxygens (including phenoxy) is 1. The molecule has 8 heteroatoms. The molecule has 2 aliphatic heterocycles. The summed E-state index contributed by atoms with van der Waals surface area (Å²) in [5.74, 6) is -0.702. The summed E-state index contributed by atoms with van der Waals surface area (Å²) < 4.78 is 34.6. The third-order valence-corrected chi connectivity index (χ3v) is 6.26. The number of amides is 1. The molecule has 1 aromatic heterocycles. The molecule has 33 heavy (non-hydrogen) atoms. The topological polar surface area (TPSA) is 80.8 Å². The molecule has 0 fully saturated rings. The number of carbonyl (C=O) groups is 1. The molecule has 0 aliphatic carbocycles. The van der Waals surface area contributed by atoms with Crippen LogP contribution < -0.4 is 10.5 Å². The summed E-state index contributed by atoms with van der Waals surface area (Å²) in [6, 6.07) is 14.7. The fourth-order valence-corrected chi connectivity index (χ4v) is 4.82. The molecule has 0 saturated heterocycles. The highest BCUT2D eigenvalue weighted by Gasteiger charge is 2.56. The van der Waals surface area contributed by atoms with Gasteiger partial charge in [0.2, 0.25) is 5.95 Å². The standard InChI is InChI=1S/C25H22F2N4O2/c1-24(13-15-5-3-6-17(26)11-15)14-25(22(32)31(2)23(28)30-25)19-12-16(8-9-20(19)33-24)18-7-4-10-29-21(18)27/h3-12H,13-14H2,1-2H3,(H2,28,30). The number of aromatic nitrogens is 1. The lowest BCUT2D eigenvalue weighted by Gasteiger charge is -2.43. The Bertz CT molecular complexity index is 1310. The van der Waals surface area contributed by atoms with E-state index in [1.165, 1.54) is 23.2 Å². The summed E-state index contributed by atoms with van der Waals surface area (Å²) >= 11 is 0. The van der Waals surface area contributed by atoms with Gasteiger partial charge in [0.05, 0.1) is 0 Å². The van der Waals surface area contributed by atoms with E-state index in [9.17, 15) is 13.6 Å². The fraction of sp³-hybridized carbons (Fsp3) is 0.240. The molecule has 1 amide bonds. The van der Waals surface area contributed by atoms with Crippen molar-refractivity contribution in [1.82, 2.24) is 9.88 Å². The van der Waals surface area contributed by atoms with E-state index in [1.54, 1.807) is 43.4 Å². The molecule has 1 spiro atoms. The largest absolute Gasteiger partial charge is 0.487 e. The van der Waals surface area contributed by atoms with Crippen LogP contribution in [0.1, 0.15) is 24.5 Å². The lowest BCUT2D eigenvalue weighted by molar-refractivity contribution is -0.133. The van der Waals surface area contributed by atoms with Crippen molar-refractivity contribution in [3.63, 3.8) is 0 Å². The van der Waals surface area contributed by atoms with Crippen LogP contribution in [-0.4, -0.2) is 34.4 Å². The number of carbonyl (C=O) groups excluding carboxylic acids is 1. The van der Waals surface area contributed by atoms with E-state index >= 15 is 0 Å². The van der Waals surface area contributed by atoms with Crippen LogP contribution in [-0.2, 0) is 16.8 Å². The summed E-state index contributed by atoms with van der Waals surface area (Å²) in [7, 11) is 1.57. The number of halogens is 2. The Labute approximate surface area is 189 Å². The first-order valence-electron chi connectivity index (χ1n) is 10.5. The second-order valence-corrected chi connectivity index (χ2v) is 8.78. The van der Waals surface area contributed by atoms with Crippen LogP contribution in [0.5, 0.6) is 5.75 Å². The summed E-state index contributed by atoms with van der Waals surface area (Å²) in [6.07, 6.45) is 1.92. The molecule has 3 aromatic rings. The van der Waals surface area contributed by atoms with Crippen LogP contribution in [0, 0.1) is 11.8 Å². The van der Waals surface area contributed by atoms with Gasteiger partial charge in [-0.05, 0) is 54.4 Å². The SMILES string of the molecule is CN1C(=O)C2(CC(C)(Cc3cccc(F)c3)Oc3ccc(-c4cccnc4F)cc32)N=C1N. The van der Waals surface area contributed by atoms with Crippen molar-refractivity contribution in [3.8, 4) is 16.9 Å². The summed E-state index contributed by atoms with van der Waals surface area (Å²) in [5.41, 5.74) is 5.96. The Kier molecular flexibility index (Phi) is 4.70. The lowest BCUT2D eigenvalue weighted by Crippen LogP contribution is -2.51. The van der Waals surface area contributed by atoms with E-state index in [-0.39, 0.29) is 24.1 Å². The second kappa shape index (κ2) is 7.37. The number of pyridine rings is 1. The Morgan fingerprint density at radius 2 is 1.97 bits per heavy atom. The smallest absolute Gasteiger partial charge is 0.261 e. The number of guanidine groups is 1. The molecule has 6 nitrogen and oxygen atoms in total. The quantitative estimate of drug-likeness (QED) is 0.618. The van der Waals surface area contributed by atoms with E-state index in [1.807, 2.05) is 13.0 Å². The molecule has 0 radical (unpaired) electrons. The number of hydrogen-bond acceptors (Lipinski definition) is 5. The maximum atomic E-state index is 14.4. The van der Waals surface area contributed by atoms with Crippen molar-refractivity contribution in [2.45, 2.75) is 30.9 Å². The summed E-state index contributed by atoms with van der Waals surface area (Å²) in [4.78, 5) is 23.1. The molecule has 3 heterocycles. The van der Waals surface area contributed by atoms with Gasteiger partial charge >= 0.3 is 0 Å². The number of rotatable bonds is 3.